The third-order valence-electron chi connectivity index (χ3n) is 4.48. The maximum absolute atomic E-state index is 12.1. The summed E-state index contributed by atoms with van der Waals surface area (Å²) in [6.45, 7) is -0.0852. The zero-order valence-electron chi connectivity index (χ0n) is 13.9. The molecular formula is C20H21NO4. The Bertz CT molecular complexity index is 744. The molecule has 0 unspecified atom stereocenters. The molecule has 2 aromatic rings. The Hall–Kier alpha value is -2.82. The third kappa shape index (κ3) is 4.38. The molecule has 1 amide bonds. The van der Waals surface area contributed by atoms with Crippen LogP contribution in [0, 0.1) is 5.92 Å². The van der Waals surface area contributed by atoms with E-state index in [2.05, 4.69) is 5.32 Å². The number of ether oxygens (including phenoxy) is 1. The summed E-state index contributed by atoms with van der Waals surface area (Å²) < 4.78 is 5.71. The molecular weight excluding hydrogens is 318 g/mol. The fourth-order valence-corrected chi connectivity index (χ4v) is 3.20. The molecule has 0 spiro atoms. The van der Waals surface area contributed by atoms with Gasteiger partial charge in [0, 0.05) is 11.6 Å². The van der Waals surface area contributed by atoms with Gasteiger partial charge in [-0.2, -0.15) is 0 Å². The molecule has 0 radical (unpaired) electrons. The fraction of sp³-hybridized carbons (Fsp3) is 0.300. The molecule has 130 valence electrons. The highest BCUT2D eigenvalue weighted by atomic mass is 16.5. The van der Waals surface area contributed by atoms with E-state index >= 15 is 0 Å². The summed E-state index contributed by atoms with van der Waals surface area (Å²) in [4.78, 5) is 23.1. The van der Waals surface area contributed by atoms with Crippen molar-refractivity contribution >= 4 is 11.9 Å². The van der Waals surface area contributed by atoms with Crippen molar-refractivity contribution in [2.75, 3.05) is 6.61 Å². The highest BCUT2D eigenvalue weighted by molar-refractivity contribution is 5.79. The van der Waals surface area contributed by atoms with Crippen LogP contribution in [0.5, 0.6) is 5.75 Å². The molecule has 0 aliphatic heterocycles. The average Bonchev–Trinajstić information content (AvgIpc) is 3.10. The summed E-state index contributed by atoms with van der Waals surface area (Å²) in [6.07, 6.45) is 1.79. The predicted octanol–water partition coefficient (Wildman–Crippen LogP) is 3.10. The van der Waals surface area contributed by atoms with Gasteiger partial charge >= 0.3 is 5.97 Å². The van der Waals surface area contributed by atoms with E-state index in [4.69, 9.17) is 9.84 Å². The van der Waals surface area contributed by atoms with Gasteiger partial charge in [0.05, 0.1) is 5.92 Å². The normalized spacial score (nSPS) is 19.4. The Morgan fingerprint density at radius 3 is 2.48 bits per heavy atom. The summed E-state index contributed by atoms with van der Waals surface area (Å²) >= 11 is 0. The van der Waals surface area contributed by atoms with E-state index < -0.39 is 5.97 Å². The lowest BCUT2D eigenvalue weighted by molar-refractivity contribution is -0.141. The molecule has 25 heavy (non-hydrogen) atoms. The van der Waals surface area contributed by atoms with Crippen LogP contribution in [0.4, 0.5) is 0 Å². The number of carboxylic acids is 1. The summed E-state index contributed by atoms with van der Waals surface area (Å²) in [5.41, 5.74) is 1.96. The van der Waals surface area contributed by atoms with Crippen molar-refractivity contribution in [2.45, 2.75) is 25.3 Å². The lowest BCUT2D eigenvalue weighted by Crippen LogP contribution is -2.36. The van der Waals surface area contributed by atoms with Crippen molar-refractivity contribution in [2.24, 2.45) is 5.92 Å². The first-order valence-electron chi connectivity index (χ1n) is 8.43. The van der Waals surface area contributed by atoms with Crippen LogP contribution in [0.2, 0.25) is 0 Å². The van der Waals surface area contributed by atoms with Gasteiger partial charge in [-0.05, 0) is 30.9 Å². The van der Waals surface area contributed by atoms with E-state index in [1.807, 2.05) is 54.6 Å². The number of benzene rings is 2. The van der Waals surface area contributed by atoms with Crippen LogP contribution < -0.4 is 10.1 Å². The number of carbonyl (C=O) groups is 2. The van der Waals surface area contributed by atoms with E-state index in [1.54, 1.807) is 0 Å². The van der Waals surface area contributed by atoms with E-state index in [1.165, 1.54) is 0 Å². The average molecular weight is 339 g/mol. The number of amides is 1. The van der Waals surface area contributed by atoms with Crippen LogP contribution in [-0.2, 0) is 9.59 Å². The fourth-order valence-electron chi connectivity index (χ4n) is 3.20. The van der Waals surface area contributed by atoms with Gasteiger partial charge in [0.1, 0.15) is 5.75 Å². The largest absolute Gasteiger partial charge is 0.483 e. The monoisotopic (exact) mass is 339 g/mol. The minimum Gasteiger partial charge on any atom is -0.483 e. The maximum atomic E-state index is 12.1. The second-order valence-corrected chi connectivity index (χ2v) is 6.26. The van der Waals surface area contributed by atoms with E-state index in [0.29, 0.717) is 25.0 Å². The number of carbonyl (C=O) groups excluding carboxylic acids is 1. The maximum Gasteiger partial charge on any atom is 0.306 e. The van der Waals surface area contributed by atoms with Crippen LogP contribution in [0.3, 0.4) is 0 Å². The molecule has 5 heteroatoms. The molecule has 2 atom stereocenters. The molecule has 0 bridgehead atoms. The molecule has 2 aromatic carbocycles. The van der Waals surface area contributed by atoms with Crippen molar-refractivity contribution in [1.29, 1.82) is 0 Å². The van der Waals surface area contributed by atoms with Crippen molar-refractivity contribution in [3.63, 3.8) is 0 Å². The molecule has 0 heterocycles. The molecule has 2 N–H and O–H groups in total. The van der Waals surface area contributed by atoms with Crippen molar-refractivity contribution < 1.29 is 19.4 Å². The second-order valence-electron chi connectivity index (χ2n) is 6.26. The van der Waals surface area contributed by atoms with Gasteiger partial charge < -0.3 is 15.2 Å². The Balaban J connectivity index is 1.57. The molecule has 1 fully saturated rings. The lowest BCUT2D eigenvalue weighted by atomic mass is 10.1. The number of carboxylic acid groups (broad SMARTS) is 1. The number of para-hydroxylation sites is 1. The van der Waals surface area contributed by atoms with Crippen LogP contribution in [0.15, 0.2) is 54.6 Å². The van der Waals surface area contributed by atoms with Gasteiger partial charge in [-0.25, -0.2) is 0 Å². The van der Waals surface area contributed by atoms with Crippen molar-refractivity contribution in [3.8, 4) is 16.9 Å². The lowest BCUT2D eigenvalue weighted by Gasteiger charge is -2.14. The number of hydrogen-bond donors (Lipinski definition) is 2. The van der Waals surface area contributed by atoms with Gasteiger partial charge in [0.25, 0.3) is 5.91 Å². The Kier molecular flexibility index (Phi) is 5.33. The first-order chi connectivity index (χ1) is 12.1. The van der Waals surface area contributed by atoms with E-state index in [0.717, 1.165) is 11.1 Å². The number of nitrogens with one attached hydrogen (secondary N) is 1. The van der Waals surface area contributed by atoms with Crippen LogP contribution >= 0.6 is 0 Å². The molecule has 0 saturated heterocycles. The number of hydrogen-bond acceptors (Lipinski definition) is 3. The summed E-state index contributed by atoms with van der Waals surface area (Å²) in [7, 11) is 0. The second kappa shape index (κ2) is 7.83. The minimum absolute atomic E-state index is 0.0819. The van der Waals surface area contributed by atoms with E-state index in [9.17, 15) is 9.59 Å². The standard InChI is InChI=1S/C20H21NO4/c22-19(21-16-11-10-15(12-16)20(23)24)13-25-18-9-5-4-8-17(18)14-6-2-1-3-7-14/h1-9,15-16H,10-13H2,(H,21,22)(H,23,24)/t15-,16+/m1/s1. The minimum atomic E-state index is -0.787. The highest BCUT2D eigenvalue weighted by Crippen LogP contribution is 2.29. The van der Waals surface area contributed by atoms with Crippen LogP contribution in [0.25, 0.3) is 11.1 Å². The SMILES string of the molecule is O=C(COc1ccccc1-c1ccccc1)N[C@H]1CC[C@@H](C(=O)O)C1. The van der Waals surface area contributed by atoms with Gasteiger partial charge in [-0.15, -0.1) is 0 Å². The molecule has 0 aromatic heterocycles. The summed E-state index contributed by atoms with van der Waals surface area (Å²) in [5.74, 6) is -0.715. The van der Waals surface area contributed by atoms with Gasteiger partial charge in [0.15, 0.2) is 6.61 Å². The van der Waals surface area contributed by atoms with E-state index in [-0.39, 0.29) is 24.5 Å². The topological polar surface area (TPSA) is 75.6 Å². The Morgan fingerprint density at radius 2 is 1.76 bits per heavy atom. The predicted molar refractivity (Wildman–Crippen MR) is 94.3 cm³/mol. The summed E-state index contributed by atoms with van der Waals surface area (Å²) in [6, 6.07) is 17.4. The zero-order chi connectivity index (χ0) is 17.6. The molecule has 5 nitrogen and oxygen atoms in total. The van der Waals surface area contributed by atoms with Gasteiger partial charge in [-0.3, -0.25) is 9.59 Å². The first-order valence-corrected chi connectivity index (χ1v) is 8.43. The smallest absolute Gasteiger partial charge is 0.306 e. The highest BCUT2D eigenvalue weighted by Gasteiger charge is 2.30. The van der Waals surface area contributed by atoms with Crippen molar-refractivity contribution in [1.82, 2.24) is 5.32 Å². The first kappa shape index (κ1) is 17.0. The molecule has 1 saturated carbocycles. The van der Waals surface area contributed by atoms with Crippen LogP contribution in [-0.4, -0.2) is 29.6 Å². The quantitative estimate of drug-likeness (QED) is 0.848. The van der Waals surface area contributed by atoms with Crippen molar-refractivity contribution in [3.05, 3.63) is 54.6 Å². The molecule has 1 aliphatic rings. The van der Waals surface area contributed by atoms with Gasteiger partial charge in [-0.1, -0.05) is 48.5 Å². The van der Waals surface area contributed by atoms with Crippen LogP contribution in [0.1, 0.15) is 19.3 Å². The summed E-state index contributed by atoms with van der Waals surface area (Å²) in [5, 5.41) is 11.9. The Labute approximate surface area is 146 Å². The molecule has 1 aliphatic carbocycles. The zero-order valence-corrected chi connectivity index (χ0v) is 13.9. The third-order valence-corrected chi connectivity index (χ3v) is 4.48. The number of aliphatic carboxylic acids is 1. The Morgan fingerprint density at radius 1 is 1.04 bits per heavy atom. The number of rotatable bonds is 6. The van der Waals surface area contributed by atoms with Gasteiger partial charge in [0.2, 0.25) is 0 Å². The molecule has 3 rings (SSSR count).